The highest BCUT2D eigenvalue weighted by Crippen LogP contribution is 2.37. The van der Waals surface area contributed by atoms with Gasteiger partial charge in [0.25, 0.3) is 5.89 Å². The predicted molar refractivity (Wildman–Crippen MR) is 72.1 cm³/mol. The first-order valence-corrected chi connectivity index (χ1v) is 7.26. The van der Waals surface area contributed by atoms with Crippen LogP contribution < -0.4 is 0 Å². The Balaban J connectivity index is 1.87. The second-order valence-electron chi connectivity index (χ2n) is 4.55. The molecule has 1 fully saturated rings. The summed E-state index contributed by atoms with van der Waals surface area (Å²) in [5.74, 6) is 2.10. The highest BCUT2D eigenvalue weighted by atomic mass is 32.2. The van der Waals surface area contributed by atoms with Gasteiger partial charge >= 0.3 is 0 Å². The number of hydrogen-bond donors (Lipinski definition) is 2. The van der Waals surface area contributed by atoms with E-state index in [4.69, 9.17) is 4.52 Å². The molecule has 1 aliphatic heterocycles. The van der Waals surface area contributed by atoms with Crippen molar-refractivity contribution >= 4 is 11.8 Å². The molecule has 5 nitrogen and oxygen atoms in total. The number of phenolic OH excluding ortho intramolecular Hbond substituents is 2. The molecule has 1 aromatic heterocycles. The van der Waals surface area contributed by atoms with Crippen LogP contribution in [0.25, 0.3) is 11.5 Å². The van der Waals surface area contributed by atoms with E-state index in [9.17, 15) is 10.2 Å². The van der Waals surface area contributed by atoms with Gasteiger partial charge in [0.05, 0.1) is 5.25 Å². The van der Waals surface area contributed by atoms with Gasteiger partial charge in [-0.3, -0.25) is 0 Å². The van der Waals surface area contributed by atoms with E-state index < -0.39 is 0 Å². The normalized spacial score (nSPS) is 19.5. The number of hydrogen-bond acceptors (Lipinski definition) is 6. The highest BCUT2D eigenvalue weighted by molar-refractivity contribution is 7.99. The Hall–Kier alpha value is -1.69. The van der Waals surface area contributed by atoms with E-state index in [1.165, 1.54) is 31.0 Å². The average molecular weight is 278 g/mol. The summed E-state index contributed by atoms with van der Waals surface area (Å²) in [5.41, 5.74) is 0.525. The van der Waals surface area contributed by atoms with Gasteiger partial charge in [0.15, 0.2) is 5.82 Å². The summed E-state index contributed by atoms with van der Waals surface area (Å²) in [6, 6.07) is 4.24. The molecule has 0 amide bonds. The number of thioether (sulfide) groups is 1. The van der Waals surface area contributed by atoms with E-state index in [0.717, 1.165) is 12.2 Å². The Morgan fingerprint density at radius 1 is 1.16 bits per heavy atom. The summed E-state index contributed by atoms with van der Waals surface area (Å²) in [7, 11) is 0. The molecule has 0 radical (unpaired) electrons. The van der Waals surface area contributed by atoms with Gasteiger partial charge in [0.1, 0.15) is 11.5 Å². The molecule has 1 saturated heterocycles. The zero-order valence-corrected chi connectivity index (χ0v) is 11.1. The van der Waals surface area contributed by atoms with Crippen molar-refractivity contribution < 1.29 is 14.7 Å². The van der Waals surface area contributed by atoms with Crippen LogP contribution in [0.15, 0.2) is 22.7 Å². The van der Waals surface area contributed by atoms with E-state index in [0.29, 0.717) is 17.3 Å². The molecule has 19 heavy (non-hydrogen) atoms. The molecule has 2 heterocycles. The van der Waals surface area contributed by atoms with Crippen molar-refractivity contribution in [2.45, 2.75) is 24.5 Å². The fraction of sp³-hybridized carbons (Fsp3) is 0.385. The maximum absolute atomic E-state index is 9.46. The minimum atomic E-state index is -0.0261. The van der Waals surface area contributed by atoms with Crippen LogP contribution >= 0.6 is 11.8 Å². The molecule has 0 spiro atoms. The lowest BCUT2D eigenvalue weighted by atomic mass is 10.2. The second kappa shape index (κ2) is 5.13. The minimum absolute atomic E-state index is 0.0261. The van der Waals surface area contributed by atoms with E-state index in [-0.39, 0.29) is 16.7 Å². The molecule has 100 valence electrons. The quantitative estimate of drug-likeness (QED) is 0.878. The van der Waals surface area contributed by atoms with Gasteiger partial charge < -0.3 is 14.7 Å². The van der Waals surface area contributed by atoms with Crippen LogP contribution in [0.5, 0.6) is 11.5 Å². The van der Waals surface area contributed by atoms with Crippen molar-refractivity contribution in [2.75, 3.05) is 5.75 Å². The zero-order valence-electron chi connectivity index (χ0n) is 10.2. The molecule has 2 aromatic rings. The summed E-state index contributed by atoms with van der Waals surface area (Å²) in [5, 5.41) is 23.2. The molecular weight excluding hydrogens is 264 g/mol. The van der Waals surface area contributed by atoms with Crippen LogP contribution in [0.1, 0.15) is 30.3 Å². The summed E-state index contributed by atoms with van der Waals surface area (Å²) in [6.07, 6.45) is 3.50. The van der Waals surface area contributed by atoms with Gasteiger partial charge in [-0.15, -0.1) is 0 Å². The largest absolute Gasteiger partial charge is 0.508 e. The maximum atomic E-state index is 9.46. The summed E-state index contributed by atoms with van der Waals surface area (Å²) in [4.78, 5) is 4.37. The summed E-state index contributed by atoms with van der Waals surface area (Å²) in [6.45, 7) is 0. The van der Waals surface area contributed by atoms with E-state index in [1.54, 1.807) is 0 Å². The van der Waals surface area contributed by atoms with Crippen molar-refractivity contribution in [3.05, 3.63) is 24.0 Å². The molecule has 1 aromatic carbocycles. The molecule has 6 heteroatoms. The number of benzene rings is 1. The van der Waals surface area contributed by atoms with Gasteiger partial charge in [0, 0.05) is 11.6 Å². The Morgan fingerprint density at radius 3 is 2.63 bits per heavy atom. The van der Waals surface area contributed by atoms with Gasteiger partial charge in [0.2, 0.25) is 0 Å². The van der Waals surface area contributed by atoms with Gasteiger partial charge in [-0.1, -0.05) is 11.6 Å². The Bertz CT molecular complexity index is 559. The lowest BCUT2D eigenvalue weighted by Crippen LogP contribution is -2.03. The van der Waals surface area contributed by atoms with Gasteiger partial charge in [-0.25, -0.2) is 0 Å². The van der Waals surface area contributed by atoms with Crippen LogP contribution in [0, 0.1) is 0 Å². The predicted octanol–water partition coefficient (Wildman–Crippen LogP) is 3.11. The monoisotopic (exact) mass is 278 g/mol. The number of nitrogens with zero attached hydrogens (tertiary/aromatic N) is 2. The van der Waals surface area contributed by atoms with Crippen LogP contribution in [0.3, 0.4) is 0 Å². The molecule has 0 aliphatic carbocycles. The maximum Gasteiger partial charge on any atom is 0.258 e. The van der Waals surface area contributed by atoms with Crippen LogP contribution in [-0.4, -0.2) is 26.1 Å². The first-order valence-electron chi connectivity index (χ1n) is 6.21. The average Bonchev–Trinajstić information content (AvgIpc) is 2.88. The van der Waals surface area contributed by atoms with Crippen LogP contribution in [0.4, 0.5) is 0 Å². The molecule has 1 aliphatic rings. The lowest BCUT2D eigenvalue weighted by Gasteiger charge is -2.17. The van der Waals surface area contributed by atoms with Crippen molar-refractivity contribution in [1.82, 2.24) is 10.1 Å². The first-order chi connectivity index (χ1) is 9.22. The van der Waals surface area contributed by atoms with Gasteiger partial charge in [-0.2, -0.15) is 16.7 Å². The van der Waals surface area contributed by atoms with Crippen LogP contribution in [-0.2, 0) is 0 Å². The van der Waals surface area contributed by atoms with Crippen molar-refractivity contribution in [3.63, 3.8) is 0 Å². The molecule has 1 unspecified atom stereocenters. The number of rotatable bonds is 2. The summed E-state index contributed by atoms with van der Waals surface area (Å²) < 4.78 is 5.22. The van der Waals surface area contributed by atoms with Crippen molar-refractivity contribution in [2.24, 2.45) is 0 Å². The molecule has 2 N–H and O–H groups in total. The lowest BCUT2D eigenvalue weighted by molar-refractivity contribution is 0.418. The molecule has 0 saturated carbocycles. The fourth-order valence-electron chi connectivity index (χ4n) is 2.15. The smallest absolute Gasteiger partial charge is 0.258 e. The van der Waals surface area contributed by atoms with E-state index in [1.807, 2.05) is 11.8 Å². The van der Waals surface area contributed by atoms with Crippen LogP contribution in [0.2, 0.25) is 0 Å². The summed E-state index contributed by atoms with van der Waals surface area (Å²) >= 11 is 1.85. The van der Waals surface area contributed by atoms with Crippen molar-refractivity contribution in [3.8, 4) is 23.0 Å². The third-order valence-corrected chi connectivity index (χ3v) is 4.43. The fourth-order valence-corrected chi connectivity index (χ4v) is 3.38. The standard InChI is InChI=1S/C13H14N2O3S/c16-9-5-8(6-10(17)7-9)13-14-12(15-18-13)11-3-1-2-4-19-11/h5-7,11,16-17H,1-4H2. The molecular formula is C13H14N2O3S. The SMILES string of the molecule is Oc1cc(O)cc(-c2nc(C3CCCCS3)no2)c1. The topological polar surface area (TPSA) is 79.4 Å². The number of aromatic hydroxyl groups is 2. The number of phenols is 2. The molecule has 1 atom stereocenters. The van der Waals surface area contributed by atoms with E-state index >= 15 is 0 Å². The third-order valence-electron chi connectivity index (χ3n) is 3.06. The van der Waals surface area contributed by atoms with E-state index in [2.05, 4.69) is 10.1 Å². The highest BCUT2D eigenvalue weighted by Gasteiger charge is 2.22. The second-order valence-corrected chi connectivity index (χ2v) is 5.86. The van der Waals surface area contributed by atoms with Crippen molar-refractivity contribution in [1.29, 1.82) is 0 Å². The third kappa shape index (κ3) is 2.68. The minimum Gasteiger partial charge on any atom is -0.508 e. The Kier molecular flexibility index (Phi) is 3.33. The Morgan fingerprint density at radius 2 is 1.95 bits per heavy atom. The van der Waals surface area contributed by atoms with Gasteiger partial charge in [-0.05, 0) is 30.7 Å². The zero-order chi connectivity index (χ0) is 13.2. The number of aromatic nitrogens is 2. The Labute approximate surface area is 114 Å². The molecule has 3 rings (SSSR count). The molecule has 0 bridgehead atoms. The first kappa shape index (κ1) is 12.3.